The van der Waals surface area contributed by atoms with Gasteiger partial charge in [0.05, 0.1) is 0 Å². The summed E-state index contributed by atoms with van der Waals surface area (Å²) >= 11 is 0. The summed E-state index contributed by atoms with van der Waals surface area (Å²) < 4.78 is 81.9. The second kappa shape index (κ2) is 6.16. The predicted octanol–water partition coefficient (Wildman–Crippen LogP) is 3.78. The van der Waals surface area contributed by atoms with Crippen LogP contribution in [0.4, 0.5) is 26.3 Å². The lowest BCUT2D eigenvalue weighted by atomic mass is 9.81. The molecule has 9 heteroatoms. The fourth-order valence-electron chi connectivity index (χ4n) is 1.95. The highest BCUT2D eigenvalue weighted by Crippen LogP contribution is 2.51. The average molecular weight is 340 g/mol. The number of aliphatic hydroxyl groups excluding tert-OH is 1. The maximum atomic E-state index is 12.9. The van der Waals surface area contributed by atoms with Gasteiger partial charge in [-0.05, 0) is 26.7 Å². The molecule has 0 aliphatic rings. The molecular formula is C13H22F6O3. The molecule has 0 rings (SSSR count). The monoisotopic (exact) mass is 340 g/mol. The van der Waals surface area contributed by atoms with Crippen LogP contribution >= 0.6 is 0 Å². The van der Waals surface area contributed by atoms with Gasteiger partial charge in [-0.2, -0.15) is 26.3 Å². The van der Waals surface area contributed by atoms with Crippen LogP contribution in [0.2, 0.25) is 0 Å². The van der Waals surface area contributed by atoms with E-state index in [1.807, 2.05) is 0 Å². The van der Waals surface area contributed by atoms with Gasteiger partial charge in [0.15, 0.2) is 6.29 Å². The van der Waals surface area contributed by atoms with Gasteiger partial charge >= 0.3 is 12.4 Å². The van der Waals surface area contributed by atoms with E-state index in [0.717, 1.165) is 0 Å². The Hall–Kier alpha value is -0.540. The fourth-order valence-corrected chi connectivity index (χ4v) is 1.95. The third-order valence-corrected chi connectivity index (χ3v) is 4.31. The second-order valence-corrected chi connectivity index (χ2v) is 6.05. The Morgan fingerprint density at radius 3 is 1.41 bits per heavy atom. The number of hydrogen-bond acceptors (Lipinski definition) is 3. The lowest BCUT2D eigenvalue weighted by Gasteiger charge is -2.46. The number of alkyl halides is 6. The lowest BCUT2D eigenvalue weighted by molar-refractivity contribution is -0.426. The summed E-state index contributed by atoms with van der Waals surface area (Å²) in [7, 11) is 0. The summed E-state index contributed by atoms with van der Waals surface area (Å²) in [5, 5.41) is 19.3. The summed E-state index contributed by atoms with van der Waals surface area (Å²) in [6.45, 7) is 5.59. The minimum atomic E-state index is -6.02. The Bertz CT molecular complexity index is 357. The zero-order valence-corrected chi connectivity index (χ0v) is 13.1. The standard InChI is InChI=1S/C13H22F6O3/c1-6-10(5,7-2)8(20)22-9(3,4)11(21,12(14,15)16)13(17,18)19/h8,20-21H,6-7H2,1-5H3. The van der Waals surface area contributed by atoms with Crippen LogP contribution in [0.5, 0.6) is 0 Å². The molecule has 134 valence electrons. The molecule has 0 fully saturated rings. The van der Waals surface area contributed by atoms with E-state index < -0.39 is 35.3 Å². The van der Waals surface area contributed by atoms with Gasteiger partial charge < -0.3 is 14.9 Å². The third kappa shape index (κ3) is 3.51. The molecular weight excluding hydrogens is 318 g/mol. The summed E-state index contributed by atoms with van der Waals surface area (Å²) in [6, 6.07) is 0. The number of halogens is 6. The quantitative estimate of drug-likeness (QED) is 0.571. The van der Waals surface area contributed by atoms with Crippen molar-refractivity contribution in [2.24, 2.45) is 5.41 Å². The van der Waals surface area contributed by atoms with E-state index in [1.165, 1.54) is 6.92 Å². The van der Waals surface area contributed by atoms with Crippen molar-refractivity contribution in [2.75, 3.05) is 0 Å². The van der Waals surface area contributed by atoms with Crippen LogP contribution in [-0.2, 0) is 4.74 Å². The van der Waals surface area contributed by atoms with Crippen molar-refractivity contribution in [3.05, 3.63) is 0 Å². The van der Waals surface area contributed by atoms with Gasteiger partial charge in [0.25, 0.3) is 5.60 Å². The first-order chi connectivity index (χ1) is 9.50. The highest BCUT2D eigenvalue weighted by molar-refractivity contribution is 5.06. The highest BCUT2D eigenvalue weighted by atomic mass is 19.4. The first-order valence-corrected chi connectivity index (χ1v) is 6.72. The summed E-state index contributed by atoms with van der Waals surface area (Å²) in [5.74, 6) is 0. The molecule has 0 aliphatic carbocycles. The molecule has 0 spiro atoms. The average Bonchev–Trinajstić information content (AvgIpc) is 2.33. The largest absolute Gasteiger partial charge is 0.429 e. The van der Waals surface area contributed by atoms with Crippen molar-refractivity contribution in [1.29, 1.82) is 0 Å². The predicted molar refractivity (Wildman–Crippen MR) is 66.9 cm³/mol. The SMILES string of the molecule is CCC(C)(CC)C(O)OC(C)(C)C(O)(C(F)(F)F)C(F)(F)F. The van der Waals surface area contributed by atoms with Gasteiger partial charge in [0, 0.05) is 5.41 Å². The molecule has 0 aromatic rings. The maximum absolute atomic E-state index is 12.9. The van der Waals surface area contributed by atoms with Crippen LogP contribution in [-0.4, -0.2) is 40.1 Å². The van der Waals surface area contributed by atoms with E-state index in [2.05, 4.69) is 4.74 Å². The van der Waals surface area contributed by atoms with E-state index >= 15 is 0 Å². The molecule has 0 radical (unpaired) electrons. The molecule has 0 aromatic heterocycles. The topological polar surface area (TPSA) is 49.7 Å². The smallest absolute Gasteiger partial charge is 0.371 e. The van der Waals surface area contributed by atoms with Crippen LogP contribution in [0.3, 0.4) is 0 Å². The van der Waals surface area contributed by atoms with E-state index in [0.29, 0.717) is 13.8 Å². The van der Waals surface area contributed by atoms with Crippen molar-refractivity contribution >= 4 is 0 Å². The van der Waals surface area contributed by atoms with Gasteiger partial charge in [0.2, 0.25) is 0 Å². The minimum Gasteiger partial charge on any atom is -0.371 e. The maximum Gasteiger partial charge on any atom is 0.429 e. The number of hydrogen-bond donors (Lipinski definition) is 2. The zero-order valence-electron chi connectivity index (χ0n) is 13.1. The number of rotatable bonds is 6. The van der Waals surface area contributed by atoms with Gasteiger partial charge in [-0.1, -0.05) is 20.8 Å². The number of ether oxygens (including phenoxy) is 1. The van der Waals surface area contributed by atoms with Gasteiger partial charge in [0.1, 0.15) is 5.60 Å². The van der Waals surface area contributed by atoms with E-state index in [1.54, 1.807) is 13.8 Å². The molecule has 0 bridgehead atoms. The first kappa shape index (κ1) is 21.5. The van der Waals surface area contributed by atoms with Gasteiger partial charge in [-0.3, -0.25) is 0 Å². The molecule has 0 aliphatic heterocycles. The molecule has 0 amide bonds. The molecule has 0 saturated carbocycles. The second-order valence-electron chi connectivity index (χ2n) is 6.05. The molecule has 22 heavy (non-hydrogen) atoms. The Kier molecular flexibility index (Phi) is 6.01. The van der Waals surface area contributed by atoms with Crippen LogP contribution in [0.15, 0.2) is 0 Å². The Labute approximate surface area is 125 Å². The normalized spacial score (nSPS) is 16.8. The summed E-state index contributed by atoms with van der Waals surface area (Å²) in [5.41, 5.74) is -9.31. The molecule has 3 nitrogen and oxygen atoms in total. The van der Waals surface area contributed by atoms with Gasteiger partial charge in [-0.15, -0.1) is 0 Å². The van der Waals surface area contributed by atoms with E-state index in [9.17, 15) is 36.6 Å². The van der Waals surface area contributed by atoms with Crippen LogP contribution < -0.4 is 0 Å². The zero-order chi connectivity index (χ0) is 18.2. The van der Waals surface area contributed by atoms with Crippen molar-refractivity contribution in [3.63, 3.8) is 0 Å². The molecule has 0 heterocycles. The van der Waals surface area contributed by atoms with Crippen LogP contribution in [0.25, 0.3) is 0 Å². The van der Waals surface area contributed by atoms with Crippen molar-refractivity contribution in [1.82, 2.24) is 0 Å². The summed E-state index contributed by atoms with van der Waals surface area (Å²) in [6.07, 6.45) is -13.4. The Morgan fingerprint density at radius 2 is 1.18 bits per heavy atom. The minimum absolute atomic E-state index is 0.261. The Balaban J connectivity index is 5.78. The fraction of sp³-hybridized carbons (Fsp3) is 1.00. The van der Waals surface area contributed by atoms with Crippen LogP contribution in [0.1, 0.15) is 47.5 Å². The lowest BCUT2D eigenvalue weighted by Crippen LogP contribution is -2.70. The van der Waals surface area contributed by atoms with Crippen LogP contribution in [0, 0.1) is 5.41 Å². The number of aliphatic hydroxyl groups is 2. The Morgan fingerprint density at radius 1 is 0.864 bits per heavy atom. The molecule has 0 saturated heterocycles. The third-order valence-electron chi connectivity index (χ3n) is 4.31. The molecule has 1 unspecified atom stereocenters. The first-order valence-electron chi connectivity index (χ1n) is 6.72. The van der Waals surface area contributed by atoms with E-state index in [-0.39, 0.29) is 12.8 Å². The van der Waals surface area contributed by atoms with Crippen molar-refractivity contribution < 1.29 is 41.3 Å². The molecule has 1 atom stereocenters. The molecule has 2 N–H and O–H groups in total. The van der Waals surface area contributed by atoms with E-state index in [4.69, 9.17) is 0 Å². The highest BCUT2D eigenvalue weighted by Gasteiger charge is 2.78. The van der Waals surface area contributed by atoms with Gasteiger partial charge in [-0.25, -0.2) is 0 Å². The summed E-state index contributed by atoms with van der Waals surface area (Å²) in [4.78, 5) is 0. The molecule has 0 aromatic carbocycles. The van der Waals surface area contributed by atoms with Crippen molar-refractivity contribution in [3.8, 4) is 0 Å². The van der Waals surface area contributed by atoms with Crippen molar-refractivity contribution in [2.45, 2.75) is 77.3 Å².